The molecule has 0 fully saturated rings. The number of amides is 2. The van der Waals surface area contributed by atoms with Gasteiger partial charge in [-0.15, -0.1) is 0 Å². The Labute approximate surface area is 186 Å². The van der Waals surface area contributed by atoms with E-state index in [0.29, 0.717) is 5.69 Å². The van der Waals surface area contributed by atoms with Crippen molar-refractivity contribution in [2.75, 3.05) is 16.0 Å². The summed E-state index contributed by atoms with van der Waals surface area (Å²) >= 11 is 0. The fraction of sp³-hybridized carbons (Fsp3) is 0.0370. The zero-order valence-corrected chi connectivity index (χ0v) is 17.6. The molecule has 0 unspecified atom stereocenters. The van der Waals surface area contributed by atoms with E-state index < -0.39 is 0 Å². The second kappa shape index (κ2) is 8.40. The Morgan fingerprint density at radius 2 is 1.28 bits per heavy atom. The van der Waals surface area contributed by atoms with Crippen molar-refractivity contribution in [3.63, 3.8) is 0 Å². The third-order valence-corrected chi connectivity index (χ3v) is 5.28. The minimum Gasteiger partial charge on any atom is -0.354 e. The minimum absolute atomic E-state index is 0.279. The zero-order valence-electron chi connectivity index (χ0n) is 17.6. The Hall–Kier alpha value is -4.38. The van der Waals surface area contributed by atoms with Crippen LogP contribution in [-0.2, 0) is 0 Å². The maximum Gasteiger partial charge on any atom is 0.323 e. The number of benzene rings is 4. The number of hydrogen-bond donors (Lipinski definition) is 3. The number of carbonyl (C=O) groups is 1. The van der Waals surface area contributed by atoms with Crippen molar-refractivity contribution in [2.45, 2.75) is 6.92 Å². The summed E-state index contributed by atoms with van der Waals surface area (Å²) in [5.41, 5.74) is 6.49. The number of fused-ring (bicyclic) bond motifs is 2. The van der Waals surface area contributed by atoms with Gasteiger partial charge < -0.3 is 16.0 Å². The quantitative estimate of drug-likeness (QED) is 0.273. The second-order valence-corrected chi connectivity index (χ2v) is 7.67. The molecule has 0 spiro atoms. The number of aryl methyl sites for hydroxylation is 1. The van der Waals surface area contributed by atoms with E-state index >= 15 is 0 Å². The largest absolute Gasteiger partial charge is 0.354 e. The number of nitrogens with zero attached hydrogens (tertiary/aromatic N) is 1. The van der Waals surface area contributed by atoms with Crippen LogP contribution in [0, 0.1) is 6.92 Å². The summed E-state index contributed by atoms with van der Waals surface area (Å²) in [5.74, 6) is 0. The normalized spacial score (nSPS) is 10.8. The van der Waals surface area contributed by atoms with Gasteiger partial charge in [0, 0.05) is 27.8 Å². The number of urea groups is 1. The van der Waals surface area contributed by atoms with Crippen LogP contribution < -0.4 is 16.0 Å². The predicted octanol–water partition coefficient (Wildman–Crippen LogP) is 7.08. The van der Waals surface area contributed by atoms with E-state index in [1.807, 2.05) is 72.8 Å². The highest BCUT2D eigenvalue weighted by Gasteiger charge is 2.10. The van der Waals surface area contributed by atoms with Crippen LogP contribution in [0.3, 0.4) is 0 Å². The number of pyridine rings is 1. The van der Waals surface area contributed by atoms with E-state index in [1.165, 1.54) is 5.56 Å². The molecule has 5 aromatic rings. The van der Waals surface area contributed by atoms with Crippen LogP contribution >= 0.6 is 0 Å². The summed E-state index contributed by atoms with van der Waals surface area (Å²) in [6.07, 6.45) is 0. The molecule has 0 bridgehead atoms. The van der Waals surface area contributed by atoms with Gasteiger partial charge in [0.05, 0.1) is 16.7 Å². The van der Waals surface area contributed by atoms with Gasteiger partial charge >= 0.3 is 6.03 Å². The molecular weight excluding hydrogens is 396 g/mol. The van der Waals surface area contributed by atoms with Crippen LogP contribution in [0.15, 0.2) is 97.1 Å². The summed E-state index contributed by atoms with van der Waals surface area (Å²) in [5, 5.41) is 11.4. The highest BCUT2D eigenvalue weighted by molar-refractivity contribution is 6.09. The Morgan fingerprint density at radius 1 is 0.656 bits per heavy atom. The number of para-hydroxylation sites is 2. The van der Waals surface area contributed by atoms with Crippen molar-refractivity contribution in [3.05, 3.63) is 103 Å². The van der Waals surface area contributed by atoms with Gasteiger partial charge in [-0.3, -0.25) is 0 Å². The lowest BCUT2D eigenvalue weighted by molar-refractivity contribution is 0.262. The lowest BCUT2D eigenvalue weighted by Gasteiger charge is -2.14. The Morgan fingerprint density at radius 3 is 2.06 bits per heavy atom. The topological polar surface area (TPSA) is 66.0 Å². The number of aromatic nitrogens is 1. The number of carbonyl (C=O) groups excluding carboxylic acids is 1. The molecule has 5 heteroatoms. The van der Waals surface area contributed by atoms with Crippen LogP contribution in [0.5, 0.6) is 0 Å². The number of nitrogens with one attached hydrogen (secondary N) is 3. The first-order valence-electron chi connectivity index (χ1n) is 10.4. The average molecular weight is 419 g/mol. The highest BCUT2D eigenvalue weighted by atomic mass is 16.2. The molecule has 0 saturated carbocycles. The van der Waals surface area contributed by atoms with Gasteiger partial charge in [-0.1, -0.05) is 48.0 Å². The smallest absolute Gasteiger partial charge is 0.323 e. The van der Waals surface area contributed by atoms with Crippen LogP contribution in [-0.4, -0.2) is 11.0 Å². The zero-order chi connectivity index (χ0) is 21.9. The Bertz CT molecular complexity index is 1410. The van der Waals surface area contributed by atoms with E-state index in [4.69, 9.17) is 4.98 Å². The van der Waals surface area contributed by atoms with E-state index in [2.05, 4.69) is 47.1 Å². The molecule has 0 saturated heterocycles. The van der Waals surface area contributed by atoms with Crippen LogP contribution in [0.1, 0.15) is 5.56 Å². The summed E-state index contributed by atoms with van der Waals surface area (Å²) in [4.78, 5) is 17.0. The van der Waals surface area contributed by atoms with Crippen molar-refractivity contribution >= 4 is 50.6 Å². The molecular formula is C27H22N4O. The fourth-order valence-corrected chi connectivity index (χ4v) is 3.74. The summed E-state index contributed by atoms with van der Waals surface area (Å²) in [6.45, 7) is 2.08. The standard InChI is InChI=1S/C27H22N4O/c1-18-11-16-25-23(17-18)26(22-9-5-6-10-24(22)31-25)28-20-12-14-21(15-13-20)30-27(32)29-19-7-3-2-4-8-19/h2-17H,1H3,(H,28,31)(H2,29,30,32). The molecule has 0 aliphatic carbocycles. The highest BCUT2D eigenvalue weighted by Crippen LogP contribution is 2.33. The lowest BCUT2D eigenvalue weighted by atomic mass is 10.1. The Balaban J connectivity index is 1.40. The molecule has 156 valence electrons. The number of anilines is 4. The van der Waals surface area contributed by atoms with Gasteiger partial charge in [-0.05, 0) is 61.5 Å². The predicted molar refractivity (Wildman–Crippen MR) is 133 cm³/mol. The minimum atomic E-state index is -0.279. The summed E-state index contributed by atoms with van der Waals surface area (Å²) in [7, 11) is 0. The molecule has 1 aromatic heterocycles. The lowest BCUT2D eigenvalue weighted by Crippen LogP contribution is -2.19. The van der Waals surface area contributed by atoms with E-state index in [9.17, 15) is 4.79 Å². The first-order chi connectivity index (χ1) is 15.7. The molecule has 1 heterocycles. The third kappa shape index (κ3) is 4.09. The molecule has 2 amide bonds. The average Bonchev–Trinajstić information content (AvgIpc) is 2.81. The Kier molecular flexibility index (Phi) is 5.14. The maximum atomic E-state index is 12.2. The molecule has 5 rings (SSSR count). The van der Waals surface area contributed by atoms with E-state index in [-0.39, 0.29) is 6.03 Å². The SMILES string of the molecule is Cc1ccc2nc3ccccc3c(Nc3ccc(NC(=O)Nc4ccccc4)cc3)c2c1. The first-order valence-corrected chi connectivity index (χ1v) is 10.4. The molecule has 0 aliphatic heterocycles. The first kappa shape index (κ1) is 19.6. The van der Waals surface area contributed by atoms with Gasteiger partial charge in [-0.25, -0.2) is 9.78 Å². The second-order valence-electron chi connectivity index (χ2n) is 7.67. The summed E-state index contributed by atoms with van der Waals surface area (Å²) < 4.78 is 0. The number of rotatable bonds is 4. The maximum absolute atomic E-state index is 12.2. The molecule has 4 aromatic carbocycles. The van der Waals surface area contributed by atoms with E-state index in [1.54, 1.807) is 0 Å². The molecule has 0 atom stereocenters. The van der Waals surface area contributed by atoms with E-state index in [0.717, 1.165) is 38.9 Å². The van der Waals surface area contributed by atoms with Crippen molar-refractivity contribution in [1.82, 2.24) is 4.98 Å². The van der Waals surface area contributed by atoms with Gasteiger partial charge in [0.25, 0.3) is 0 Å². The van der Waals surface area contributed by atoms with Crippen molar-refractivity contribution in [1.29, 1.82) is 0 Å². The molecule has 0 radical (unpaired) electrons. The van der Waals surface area contributed by atoms with Crippen molar-refractivity contribution in [3.8, 4) is 0 Å². The summed E-state index contributed by atoms with van der Waals surface area (Å²) in [6, 6.07) is 31.2. The van der Waals surface area contributed by atoms with Gasteiger partial charge in [0.15, 0.2) is 0 Å². The van der Waals surface area contributed by atoms with Crippen LogP contribution in [0.4, 0.5) is 27.5 Å². The van der Waals surface area contributed by atoms with Crippen molar-refractivity contribution in [2.24, 2.45) is 0 Å². The molecule has 5 nitrogen and oxygen atoms in total. The molecule has 32 heavy (non-hydrogen) atoms. The molecule has 0 aliphatic rings. The van der Waals surface area contributed by atoms with Gasteiger partial charge in [0.2, 0.25) is 0 Å². The van der Waals surface area contributed by atoms with Crippen LogP contribution in [0.2, 0.25) is 0 Å². The third-order valence-electron chi connectivity index (χ3n) is 5.28. The monoisotopic (exact) mass is 418 g/mol. The fourth-order valence-electron chi connectivity index (χ4n) is 3.74. The van der Waals surface area contributed by atoms with Crippen LogP contribution in [0.25, 0.3) is 21.8 Å². The molecule has 3 N–H and O–H groups in total. The van der Waals surface area contributed by atoms with Gasteiger partial charge in [-0.2, -0.15) is 0 Å². The van der Waals surface area contributed by atoms with Crippen molar-refractivity contribution < 1.29 is 4.79 Å². The van der Waals surface area contributed by atoms with Gasteiger partial charge in [0.1, 0.15) is 0 Å². The number of hydrogen-bond acceptors (Lipinski definition) is 3.